The lowest BCUT2D eigenvalue weighted by Gasteiger charge is -2.30. The average molecular weight is 393 g/mol. The van der Waals surface area contributed by atoms with Crippen molar-refractivity contribution in [2.75, 3.05) is 36.5 Å². The SMILES string of the molecule is O=C(Cc1ccccc1F)Nc1cc(Br)ccc1N1CCOCC1. The molecule has 0 radical (unpaired) electrons. The minimum atomic E-state index is -0.365. The quantitative estimate of drug-likeness (QED) is 0.863. The van der Waals surface area contributed by atoms with Crippen LogP contribution >= 0.6 is 15.9 Å². The lowest BCUT2D eigenvalue weighted by atomic mass is 10.1. The van der Waals surface area contributed by atoms with Crippen LogP contribution in [-0.2, 0) is 16.0 Å². The molecule has 1 aliphatic heterocycles. The summed E-state index contributed by atoms with van der Waals surface area (Å²) in [6.45, 7) is 2.88. The van der Waals surface area contributed by atoms with Gasteiger partial charge in [0, 0.05) is 17.6 Å². The van der Waals surface area contributed by atoms with Crippen LogP contribution in [0.25, 0.3) is 0 Å². The van der Waals surface area contributed by atoms with Crippen LogP contribution in [0.15, 0.2) is 46.9 Å². The maximum absolute atomic E-state index is 13.7. The van der Waals surface area contributed by atoms with Gasteiger partial charge in [0.25, 0.3) is 0 Å². The number of ether oxygens (including phenoxy) is 1. The van der Waals surface area contributed by atoms with Crippen molar-refractivity contribution in [3.05, 3.63) is 58.3 Å². The minimum Gasteiger partial charge on any atom is -0.378 e. The number of halogens is 2. The number of hydrogen-bond donors (Lipinski definition) is 1. The van der Waals surface area contributed by atoms with Gasteiger partial charge in [-0.2, -0.15) is 0 Å². The molecule has 6 heteroatoms. The van der Waals surface area contributed by atoms with Crippen LogP contribution in [0.1, 0.15) is 5.56 Å². The number of carbonyl (C=O) groups is 1. The Bertz CT molecular complexity index is 733. The summed E-state index contributed by atoms with van der Waals surface area (Å²) in [6.07, 6.45) is 0.00172. The lowest BCUT2D eigenvalue weighted by Crippen LogP contribution is -2.36. The van der Waals surface area contributed by atoms with Crippen molar-refractivity contribution < 1.29 is 13.9 Å². The zero-order chi connectivity index (χ0) is 16.9. The standard InChI is InChI=1S/C18H18BrFN2O2/c19-14-5-6-17(22-7-9-24-10-8-22)16(12-14)21-18(23)11-13-3-1-2-4-15(13)20/h1-6,12H,7-11H2,(H,21,23). The summed E-state index contributed by atoms with van der Waals surface area (Å²) in [4.78, 5) is 14.5. The van der Waals surface area contributed by atoms with Gasteiger partial charge in [-0.3, -0.25) is 4.79 Å². The van der Waals surface area contributed by atoms with Crippen LogP contribution in [0.3, 0.4) is 0 Å². The first-order valence-corrected chi connectivity index (χ1v) is 8.58. The monoisotopic (exact) mass is 392 g/mol. The van der Waals surface area contributed by atoms with Crippen molar-refractivity contribution >= 4 is 33.2 Å². The Labute approximate surface area is 148 Å². The van der Waals surface area contributed by atoms with Gasteiger partial charge in [-0.15, -0.1) is 0 Å². The highest BCUT2D eigenvalue weighted by Crippen LogP contribution is 2.30. The molecule has 1 heterocycles. The Hall–Kier alpha value is -1.92. The second-order valence-electron chi connectivity index (χ2n) is 5.58. The van der Waals surface area contributed by atoms with Crippen LogP contribution in [0.2, 0.25) is 0 Å². The predicted molar refractivity (Wildman–Crippen MR) is 95.9 cm³/mol. The third-order valence-corrected chi connectivity index (χ3v) is 4.39. The van der Waals surface area contributed by atoms with Gasteiger partial charge >= 0.3 is 0 Å². The van der Waals surface area contributed by atoms with E-state index in [1.165, 1.54) is 6.07 Å². The highest BCUT2D eigenvalue weighted by molar-refractivity contribution is 9.10. The molecular formula is C18H18BrFN2O2. The largest absolute Gasteiger partial charge is 0.378 e. The Morgan fingerprint density at radius 2 is 1.96 bits per heavy atom. The number of hydrogen-bond acceptors (Lipinski definition) is 3. The van der Waals surface area contributed by atoms with Crippen LogP contribution in [0, 0.1) is 5.82 Å². The van der Waals surface area contributed by atoms with Crippen LogP contribution in [-0.4, -0.2) is 32.2 Å². The summed E-state index contributed by atoms with van der Waals surface area (Å²) in [5.74, 6) is -0.608. The van der Waals surface area contributed by atoms with Gasteiger partial charge in [0.1, 0.15) is 5.82 Å². The number of carbonyl (C=O) groups excluding carboxylic acids is 1. The maximum atomic E-state index is 13.7. The first-order valence-electron chi connectivity index (χ1n) is 7.79. The van der Waals surface area contributed by atoms with E-state index in [2.05, 4.69) is 26.1 Å². The highest BCUT2D eigenvalue weighted by atomic mass is 79.9. The zero-order valence-corrected chi connectivity index (χ0v) is 14.7. The summed E-state index contributed by atoms with van der Waals surface area (Å²) in [5, 5.41) is 2.91. The minimum absolute atomic E-state index is 0.00172. The lowest BCUT2D eigenvalue weighted by molar-refractivity contribution is -0.115. The van der Waals surface area contributed by atoms with Gasteiger partial charge in [-0.05, 0) is 29.8 Å². The van der Waals surface area contributed by atoms with Crippen molar-refractivity contribution in [3.63, 3.8) is 0 Å². The van der Waals surface area contributed by atoms with Crippen molar-refractivity contribution in [1.82, 2.24) is 0 Å². The van der Waals surface area contributed by atoms with E-state index < -0.39 is 0 Å². The Morgan fingerprint density at radius 1 is 1.21 bits per heavy atom. The van der Waals surface area contributed by atoms with E-state index in [1.807, 2.05) is 18.2 Å². The summed E-state index contributed by atoms with van der Waals surface area (Å²) in [7, 11) is 0. The summed E-state index contributed by atoms with van der Waals surface area (Å²) in [6, 6.07) is 12.1. The molecule has 0 saturated carbocycles. The molecule has 2 aromatic rings. The van der Waals surface area contributed by atoms with Crippen LogP contribution in [0.4, 0.5) is 15.8 Å². The molecule has 0 spiro atoms. The smallest absolute Gasteiger partial charge is 0.228 e. The Morgan fingerprint density at radius 3 is 2.71 bits per heavy atom. The van der Waals surface area contributed by atoms with Crippen molar-refractivity contribution in [3.8, 4) is 0 Å². The number of rotatable bonds is 4. The number of nitrogens with zero attached hydrogens (tertiary/aromatic N) is 1. The third-order valence-electron chi connectivity index (χ3n) is 3.89. The van der Waals surface area contributed by atoms with E-state index in [9.17, 15) is 9.18 Å². The van der Waals surface area contributed by atoms with Gasteiger partial charge < -0.3 is 15.0 Å². The van der Waals surface area contributed by atoms with E-state index in [1.54, 1.807) is 18.2 Å². The van der Waals surface area contributed by atoms with Crippen molar-refractivity contribution in [2.24, 2.45) is 0 Å². The third kappa shape index (κ3) is 4.13. The van der Waals surface area contributed by atoms with E-state index in [4.69, 9.17) is 4.74 Å². The molecule has 0 aliphatic carbocycles. The predicted octanol–water partition coefficient (Wildman–Crippen LogP) is 3.61. The molecule has 0 atom stereocenters. The van der Waals surface area contributed by atoms with Gasteiger partial charge in [0.2, 0.25) is 5.91 Å². The molecule has 1 N–H and O–H groups in total. The molecule has 126 valence electrons. The number of benzene rings is 2. The second-order valence-corrected chi connectivity index (χ2v) is 6.49. The number of morpholine rings is 1. The average Bonchev–Trinajstić information content (AvgIpc) is 2.58. The Balaban J connectivity index is 1.77. The van der Waals surface area contributed by atoms with Crippen molar-refractivity contribution in [1.29, 1.82) is 0 Å². The molecule has 0 unspecified atom stereocenters. The molecule has 1 amide bonds. The summed E-state index contributed by atoms with van der Waals surface area (Å²) < 4.78 is 20.0. The van der Waals surface area contributed by atoms with Gasteiger partial charge in [0.15, 0.2) is 0 Å². The first kappa shape index (κ1) is 16.9. The molecular weight excluding hydrogens is 375 g/mol. The van der Waals surface area contributed by atoms with Crippen LogP contribution < -0.4 is 10.2 Å². The molecule has 24 heavy (non-hydrogen) atoms. The fourth-order valence-corrected chi connectivity index (χ4v) is 3.06. The van der Waals surface area contributed by atoms with E-state index in [0.717, 1.165) is 23.2 Å². The topological polar surface area (TPSA) is 41.6 Å². The van der Waals surface area contributed by atoms with Crippen LogP contribution in [0.5, 0.6) is 0 Å². The fourth-order valence-electron chi connectivity index (χ4n) is 2.70. The van der Waals surface area contributed by atoms with Gasteiger partial charge in [-0.25, -0.2) is 4.39 Å². The van der Waals surface area contributed by atoms with Gasteiger partial charge in [-0.1, -0.05) is 34.1 Å². The molecule has 0 aromatic heterocycles. The normalized spacial score (nSPS) is 14.5. The number of nitrogens with one attached hydrogen (secondary N) is 1. The highest BCUT2D eigenvalue weighted by Gasteiger charge is 2.17. The second kappa shape index (κ2) is 7.77. The van der Waals surface area contributed by atoms with E-state index >= 15 is 0 Å². The molecule has 0 bridgehead atoms. The van der Waals surface area contributed by atoms with Gasteiger partial charge in [0.05, 0.1) is 31.0 Å². The summed E-state index contributed by atoms with van der Waals surface area (Å²) >= 11 is 3.43. The van der Waals surface area contributed by atoms with E-state index in [0.29, 0.717) is 24.5 Å². The summed E-state index contributed by atoms with van der Waals surface area (Å²) in [5.41, 5.74) is 2.05. The molecule has 4 nitrogen and oxygen atoms in total. The zero-order valence-electron chi connectivity index (χ0n) is 13.1. The molecule has 1 aliphatic rings. The molecule has 1 saturated heterocycles. The maximum Gasteiger partial charge on any atom is 0.228 e. The first-order chi connectivity index (χ1) is 11.6. The molecule has 3 rings (SSSR count). The molecule has 2 aromatic carbocycles. The fraction of sp³-hybridized carbons (Fsp3) is 0.278. The number of anilines is 2. The molecule has 1 fully saturated rings. The van der Waals surface area contributed by atoms with Crippen molar-refractivity contribution in [2.45, 2.75) is 6.42 Å². The Kier molecular flexibility index (Phi) is 5.48. The number of amides is 1. The van der Waals surface area contributed by atoms with E-state index in [-0.39, 0.29) is 18.1 Å².